The van der Waals surface area contributed by atoms with Gasteiger partial charge in [0.05, 0.1) is 16.3 Å². The number of ether oxygens (including phenoxy) is 1. The molecule has 0 aromatic heterocycles. The highest BCUT2D eigenvalue weighted by molar-refractivity contribution is 7.97. The molecular weight excluding hydrogens is 334 g/mol. The van der Waals surface area contributed by atoms with Crippen LogP contribution in [0.3, 0.4) is 0 Å². The molecule has 134 valence electrons. The lowest BCUT2D eigenvalue weighted by Gasteiger charge is -2.31. The third-order valence-electron chi connectivity index (χ3n) is 4.27. The molecule has 0 saturated carbocycles. The van der Waals surface area contributed by atoms with Gasteiger partial charge in [0.15, 0.2) is 0 Å². The molecule has 0 radical (unpaired) electrons. The zero-order valence-corrected chi connectivity index (χ0v) is 15.5. The van der Waals surface area contributed by atoms with E-state index in [2.05, 4.69) is 9.79 Å². The second kappa shape index (κ2) is 8.47. The van der Waals surface area contributed by atoms with Crippen molar-refractivity contribution in [2.24, 2.45) is 0 Å². The molecule has 1 aliphatic heterocycles. The maximum absolute atomic E-state index is 9.56. The lowest BCUT2D eigenvalue weighted by molar-refractivity contribution is 0.139. The van der Waals surface area contributed by atoms with Crippen molar-refractivity contribution in [3.63, 3.8) is 0 Å². The van der Waals surface area contributed by atoms with Crippen LogP contribution in [0.4, 0.5) is 11.4 Å². The number of benzene rings is 2. The maximum atomic E-state index is 9.56. The molecule has 0 aliphatic carbocycles. The van der Waals surface area contributed by atoms with Gasteiger partial charge in [-0.05, 0) is 49.1 Å². The minimum atomic E-state index is 0.266. The molecule has 1 aliphatic rings. The first-order valence-electron chi connectivity index (χ1n) is 8.52. The molecule has 0 bridgehead atoms. The number of nitrogens with zero attached hydrogens (tertiary/aromatic N) is 2. The van der Waals surface area contributed by atoms with Crippen molar-refractivity contribution in [2.45, 2.75) is 23.8 Å². The smallest absolute Gasteiger partial charge is 0.119 e. The molecule has 0 unspecified atom stereocenters. The summed E-state index contributed by atoms with van der Waals surface area (Å²) >= 11 is 1.68. The molecule has 1 saturated heterocycles. The average Bonchev–Trinajstić information content (AvgIpc) is 2.64. The van der Waals surface area contributed by atoms with Gasteiger partial charge in [0.25, 0.3) is 0 Å². The number of para-hydroxylation sites is 2. The van der Waals surface area contributed by atoms with E-state index in [9.17, 15) is 5.21 Å². The van der Waals surface area contributed by atoms with Crippen molar-refractivity contribution in [2.75, 3.05) is 37.6 Å². The Labute approximate surface area is 153 Å². The molecule has 5 nitrogen and oxygen atoms in total. The summed E-state index contributed by atoms with van der Waals surface area (Å²) in [5, 5.41) is 9.56. The highest BCUT2D eigenvalue weighted by atomic mass is 32.2. The van der Waals surface area contributed by atoms with Gasteiger partial charge < -0.3 is 9.64 Å². The van der Waals surface area contributed by atoms with Gasteiger partial charge in [0.2, 0.25) is 0 Å². The van der Waals surface area contributed by atoms with Crippen LogP contribution in [0.2, 0.25) is 0 Å². The summed E-state index contributed by atoms with van der Waals surface area (Å²) in [6.45, 7) is 1.92. The molecule has 0 atom stereocenters. The molecule has 2 aromatic rings. The molecule has 0 spiro atoms. The number of piperidine rings is 1. The molecule has 3 rings (SSSR count). The van der Waals surface area contributed by atoms with E-state index in [0.717, 1.165) is 48.0 Å². The third-order valence-corrected chi connectivity index (χ3v) is 5.43. The van der Waals surface area contributed by atoms with Crippen LogP contribution in [0.5, 0.6) is 5.75 Å². The van der Waals surface area contributed by atoms with E-state index < -0.39 is 0 Å². The Morgan fingerprint density at radius 2 is 1.80 bits per heavy atom. The highest BCUT2D eigenvalue weighted by Crippen LogP contribution is 2.37. The summed E-state index contributed by atoms with van der Waals surface area (Å²) in [6.07, 6.45) is 2.26. The molecule has 1 heterocycles. The second-order valence-corrected chi connectivity index (χ2v) is 7.45. The van der Waals surface area contributed by atoms with E-state index in [0.29, 0.717) is 0 Å². The molecule has 1 fully saturated rings. The standard InChI is InChI=1S/C19H25N3O2S/c1-21(2)17-9-6-10-18(19(17)20-23)25-22-13-11-16(12-14-22)24-15-7-4-3-5-8-15/h3-10,16,20,23H,11-14H2,1-2H3. The van der Waals surface area contributed by atoms with Gasteiger partial charge in [-0.15, -0.1) is 0 Å². The Morgan fingerprint density at radius 3 is 2.44 bits per heavy atom. The zero-order valence-electron chi connectivity index (χ0n) is 14.7. The number of hydrogen-bond donors (Lipinski definition) is 2. The first kappa shape index (κ1) is 17.9. The molecular formula is C19H25N3O2S. The van der Waals surface area contributed by atoms with Crippen molar-refractivity contribution < 1.29 is 9.94 Å². The number of nitrogens with one attached hydrogen (secondary N) is 1. The summed E-state index contributed by atoms with van der Waals surface area (Å²) in [7, 11) is 3.94. The predicted molar refractivity (Wildman–Crippen MR) is 104 cm³/mol. The van der Waals surface area contributed by atoms with Crippen LogP contribution in [0.1, 0.15) is 12.8 Å². The molecule has 0 amide bonds. The SMILES string of the molecule is CN(C)c1cccc(SN2CCC(Oc3ccccc3)CC2)c1NO. The minimum Gasteiger partial charge on any atom is -0.490 e. The number of rotatable bonds is 6. The zero-order chi connectivity index (χ0) is 17.6. The third kappa shape index (κ3) is 4.60. The monoisotopic (exact) mass is 359 g/mol. The van der Waals surface area contributed by atoms with Gasteiger partial charge in [0, 0.05) is 27.2 Å². The first-order chi connectivity index (χ1) is 12.2. The Bertz CT molecular complexity index is 674. The lowest BCUT2D eigenvalue weighted by atomic mass is 10.1. The van der Waals surface area contributed by atoms with Crippen LogP contribution in [0.15, 0.2) is 53.4 Å². The fourth-order valence-corrected chi connectivity index (χ4v) is 4.01. The van der Waals surface area contributed by atoms with Crippen molar-refractivity contribution in [1.82, 2.24) is 4.31 Å². The summed E-state index contributed by atoms with van der Waals surface area (Å²) in [6, 6.07) is 16.1. The van der Waals surface area contributed by atoms with Crippen LogP contribution in [0.25, 0.3) is 0 Å². The Hall–Kier alpha value is -1.89. The highest BCUT2D eigenvalue weighted by Gasteiger charge is 2.22. The van der Waals surface area contributed by atoms with E-state index in [1.54, 1.807) is 11.9 Å². The van der Waals surface area contributed by atoms with Gasteiger partial charge >= 0.3 is 0 Å². The molecule has 2 N–H and O–H groups in total. The molecule has 25 heavy (non-hydrogen) atoms. The van der Waals surface area contributed by atoms with Gasteiger partial charge in [0.1, 0.15) is 11.9 Å². The van der Waals surface area contributed by atoms with Gasteiger partial charge in [-0.2, -0.15) is 0 Å². The van der Waals surface area contributed by atoms with E-state index in [-0.39, 0.29) is 6.10 Å². The fourth-order valence-electron chi connectivity index (χ4n) is 2.95. The Balaban J connectivity index is 1.58. The summed E-state index contributed by atoms with van der Waals surface area (Å²) in [4.78, 5) is 3.01. The van der Waals surface area contributed by atoms with Crippen molar-refractivity contribution in [3.05, 3.63) is 48.5 Å². The first-order valence-corrected chi connectivity index (χ1v) is 9.30. The Morgan fingerprint density at radius 1 is 1.08 bits per heavy atom. The van der Waals surface area contributed by atoms with Crippen LogP contribution >= 0.6 is 11.9 Å². The Kier molecular flexibility index (Phi) is 6.07. The van der Waals surface area contributed by atoms with Crippen LogP contribution in [0, 0.1) is 0 Å². The van der Waals surface area contributed by atoms with Crippen molar-refractivity contribution >= 4 is 23.3 Å². The minimum absolute atomic E-state index is 0.266. The van der Waals surface area contributed by atoms with E-state index in [4.69, 9.17) is 4.74 Å². The summed E-state index contributed by atoms with van der Waals surface area (Å²) in [5.74, 6) is 0.944. The van der Waals surface area contributed by atoms with E-state index in [1.807, 2.05) is 67.5 Å². The largest absolute Gasteiger partial charge is 0.490 e. The van der Waals surface area contributed by atoms with Gasteiger partial charge in [-0.3, -0.25) is 10.7 Å². The van der Waals surface area contributed by atoms with Crippen molar-refractivity contribution in [1.29, 1.82) is 0 Å². The molecule has 6 heteroatoms. The van der Waals surface area contributed by atoms with E-state index >= 15 is 0 Å². The predicted octanol–water partition coefficient (Wildman–Crippen LogP) is 4.10. The van der Waals surface area contributed by atoms with Crippen molar-refractivity contribution in [3.8, 4) is 5.75 Å². The lowest BCUT2D eigenvalue weighted by Crippen LogP contribution is -2.34. The molecule has 2 aromatic carbocycles. The van der Waals surface area contributed by atoms with E-state index in [1.165, 1.54) is 0 Å². The topological polar surface area (TPSA) is 48.0 Å². The maximum Gasteiger partial charge on any atom is 0.119 e. The summed E-state index contributed by atoms with van der Waals surface area (Å²) < 4.78 is 8.39. The fraction of sp³-hybridized carbons (Fsp3) is 0.368. The second-order valence-electron chi connectivity index (χ2n) is 6.31. The quantitative estimate of drug-likeness (QED) is 0.598. The van der Waals surface area contributed by atoms with Gasteiger partial charge in [-0.25, -0.2) is 4.31 Å². The van der Waals surface area contributed by atoms with Gasteiger partial charge in [-0.1, -0.05) is 24.3 Å². The normalized spacial score (nSPS) is 15.8. The van der Waals surface area contributed by atoms with Crippen LogP contribution < -0.4 is 15.1 Å². The number of anilines is 2. The number of hydrogen-bond acceptors (Lipinski definition) is 6. The van der Waals surface area contributed by atoms with Crippen LogP contribution in [-0.4, -0.2) is 42.8 Å². The summed E-state index contributed by atoms with van der Waals surface area (Å²) in [5.41, 5.74) is 4.08. The average molecular weight is 359 g/mol. The van der Waals surface area contributed by atoms with Crippen LogP contribution in [-0.2, 0) is 0 Å².